The fourth-order valence-electron chi connectivity index (χ4n) is 2.79. The van der Waals surface area contributed by atoms with Crippen molar-refractivity contribution in [2.24, 2.45) is 0 Å². The third-order valence-electron chi connectivity index (χ3n) is 4.18. The molecule has 0 radical (unpaired) electrons. The number of furan rings is 1. The molecule has 0 fully saturated rings. The Morgan fingerprint density at radius 3 is 1.77 bits per heavy atom. The highest BCUT2D eigenvalue weighted by Gasteiger charge is 1.89. The van der Waals surface area contributed by atoms with Crippen LogP contribution >= 0.6 is 11.3 Å². The summed E-state index contributed by atoms with van der Waals surface area (Å²) in [5, 5.41) is 5.79. The Labute approximate surface area is 189 Å². The fraction of sp³-hybridized carbons (Fsp3) is 0.143. The Morgan fingerprint density at radius 1 is 0.581 bits per heavy atom. The van der Waals surface area contributed by atoms with E-state index in [0.717, 1.165) is 10.8 Å². The van der Waals surface area contributed by atoms with Gasteiger partial charge in [-0.2, -0.15) is 0 Å². The van der Waals surface area contributed by atoms with Crippen LogP contribution in [0.4, 0.5) is 0 Å². The van der Waals surface area contributed by atoms with Crippen LogP contribution in [0.1, 0.15) is 27.7 Å². The monoisotopic (exact) mass is 429 g/mol. The molecule has 4 aromatic heterocycles. The zero-order valence-electron chi connectivity index (χ0n) is 18.7. The Balaban J connectivity index is 0.000000153. The molecule has 0 unspecified atom stereocenters. The van der Waals surface area contributed by atoms with Crippen LogP contribution in [-0.4, -0.2) is 4.40 Å². The van der Waals surface area contributed by atoms with Gasteiger partial charge in [0.25, 0.3) is 0 Å². The summed E-state index contributed by atoms with van der Waals surface area (Å²) in [4.78, 5) is 0. The highest BCUT2D eigenvalue weighted by atomic mass is 32.1. The lowest BCUT2D eigenvalue weighted by Crippen LogP contribution is -1.75. The van der Waals surface area contributed by atoms with Crippen LogP contribution in [0.5, 0.6) is 0 Å². The standard InChI is InChI=1S/C8H7N.C8H6O.C8H6S.2C2H6/c1-2-6-9-7-3-5-8(9)4-1;1-2-4-8-6-9-5-7(8)3-1;1-2-4-8-7(3-1)5-6-9-8;2*1-2/h1-7H;2*1-6H;2*1-2H3. The van der Waals surface area contributed by atoms with Gasteiger partial charge in [0, 0.05) is 33.4 Å². The minimum atomic E-state index is 1.16. The van der Waals surface area contributed by atoms with Gasteiger partial charge < -0.3 is 8.82 Å². The van der Waals surface area contributed by atoms with Crippen molar-refractivity contribution in [2.75, 3.05) is 0 Å². The molecule has 3 heteroatoms. The minimum absolute atomic E-state index is 1.16. The topological polar surface area (TPSA) is 17.6 Å². The van der Waals surface area contributed by atoms with E-state index in [0.29, 0.717) is 0 Å². The third kappa shape index (κ3) is 7.16. The van der Waals surface area contributed by atoms with Gasteiger partial charge >= 0.3 is 0 Å². The van der Waals surface area contributed by atoms with E-state index in [2.05, 4.69) is 52.2 Å². The molecule has 31 heavy (non-hydrogen) atoms. The molecule has 6 aromatic rings. The fourth-order valence-corrected chi connectivity index (χ4v) is 3.58. The van der Waals surface area contributed by atoms with Crippen molar-refractivity contribution in [3.63, 3.8) is 0 Å². The number of fused-ring (bicyclic) bond motifs is 3. The molecule has 4 heterocycles. The molecule has 0 N–H and O–H groups in total. The lowest BCUT2D eigenvalue weighted by Gasteiger charge is -1.88. The molecule has 0 saturated carbocycles. The van der Waals surface area contributed by atoms with Crippen LogP contribution in [0.25, 0.3) is 26.4 Å². The first-order valence-electron chi connectivity index (χ1n) is 10.7. The Morgan fingerprint density at radius 2 is 1.13 bits per heavy atom. The molecule has 0 bridgehead atoms. The summed E-state index contributed by atoms with van der Waals surface area (Å²) in [5.74, 6) is 0. The average molecular weight is 430 g/mol. The average Bonchev–Trinajstić information content (AvgIpc) is 3.63. The summed E-state index contributed by atoms with van der Waals surface area (Å²) in [6.07, 6.45) is 7.56. The molecule has 2 nitrogen and oxygen atoms in total. The van der Waals surface area contributed by atoms with Gasteiger partial charge in [0.1, 0.15) is 0 Å². The maximum absolute atomic E-state index is 4.96. The summed E-state index contributed by atoms with van der Waals surface area (Å²) < 4.78 is 8.42. The summed E-state index contributed by atoms with van der Waals surface area (Å²) in [6.45, 7) is 8.00. The number of rotatable bonds is 0. The smallest absolute Gasteiger partial charge is 0.0981 e. The molecule has 0 spiro atoms. The molecule has 6 rings (SSSR count). The highest BCUT2D eigenvalue weighted by Crippen LogP contribution is 2.18. The largest absolute Gasteiger partial charge is 0.471 e. The van der Waals surface area contributed by atoms with Gasteiger partial charge in [-0.25, -0.2) is 0 Å². The van der Waals surface area contributed by atoms with Gasteiger partial charge in [0.05, 0.1) is 12.5 Å². The van der Waals surface area contributed by atoms with Gasteiger partial charge in [-0.05, 0) is 47.2 Å². The zero-order chi connectivity index (χ0) is 22.3. The third-order valence-corrected chi connectivity index (χ3v) is 5.08. The van der Waals surface area contributed by atoms with Gasteiger partial charge in [0.2, 0.25) is 0 Å². The van der Waals surface area contributed by atoms with Crippen LogP contribution in [0.3, 0.4) is 0 Å². The lowest BCUT2D eigenvalue weighted by molar-refractivity contribution is 0.572. The van der Waals surface area contributed by atoms with E-state index in [4.69, 9.17) is 4.42 Å². The molecular formula is C28H31NOS. The molecule has 0 aliphatic heterocycles. The first-order valence-corrected chi connectivity index (χ1v) is 11.6. The first-order chi connectivity index (χ1) is 15.4. The second-order valence-electron chi connectivity index (χ2n) is 6.00. The van der Waals surface area contributed by atoms with Crippen LogP contribution in [0, 0.1) is 0 Å². The molecule has 0 amide bonds. The van der Waals surface area contributed by atoms with Crippen molar-refractivity contribution in [3.05, 3.63) is 115 Å². The second-order valence-corrected chi connectivity index (χ2v) is 6.95. The van der Waals surface area contributed by atoms with E-state index in [9.17, 15) is 0 Å². The Bertz CT molecular complexity index is 998. The molecule has 0 atom stereocenters. The lowest BCUT2D eigenvalue weighted by atomic mass is 10.2. The van der Waals surface area contributed by atoms with E-state index in [-0.39, 0.29) is 0 Å². The normalized spacial score (nSPS) is 9.29. The molecule has 160 valence electrons. The zero-order valence-corrected chi connectivity index (χ0v) is 19.5. The van der Waals surface area contributed by atoms with Crippen LogP contribution in [-0.2, 0) is 0 Å². The number of hydrogen-bond donors (Lipinski definition) is 0. The molecule has 0 aliphatic carbocycles. The number of benzene rings is 2. The highest BCUT2D eigenvalue weighted by molar-refractivity contribution is 7.17. The van der Waals surface area contributed by atoms with Crippen molar-refractivity contribution >= 4 is 37.7 Å². The molecule has 0 saturated heterocycles. The maximum atomic E-state index is 4.96. The molecule has 2 aromatic carbocycles. The van der Waals surface area contributed by atoms with Crippen molar-refractivity contribution < 1.29 is 4.42 Å². The van der Waals surface area contributed by atoms with Crippen molar-refractivity contribution in [3.8, 4) is 0 Å². The van der Waals surface area contributed by atoms with Gasteiger partial charge in [-0.1, -0.05) is 76.2 Å². The van der Waals surface area contributed by atoms with E-state index in [1.807, 2.05) is 82.6 Å². The van der Waals surface area contributed by atoms with E-state index in [1.54, 1.807) is 23.9 Å². The number of pyridine rings is 1. The van der Waals surface area contributed by atoms with Gasteiger partial charge in [-0.3, -0.25) is 0 Å². The van der Waals surface area contributed by atoms with Crippen LogP contribution in [0.15, 0.2) is 120 Å². The van der Waals surface area contributed by atoms with Crippen LogP contribution in [0.2, 0.25) is 0 Å². The number of hydrogen-bond acceptors (Lipinski definition) is 2. The van der Waals surface area contributed by atoms with Crippen LogP contribution < -0.4 is 0 Å². The summed E-state index contributed by atoms with van der Waals surface area (Å²) >= 11 is 1.79. The SMILES string of the molecule is CC.CC.c1ccc2cocc2c1.c1ccc2sccc2c1.c1ccn2cccc2c1. The predicted octanol–water partition coefficient (Wildman–Crippen LogP) is 9.33. The summed E-state index contributed by atoms with van der Waals surface area (Å²) in [6, 6.07) is 28.9. The van der Waals surface area contributed by atoms with Crippen molar-refractivity contribution in [1.29, 1.82) is 0 Å². The summed E-state index contributed by atoms with van der Waals surface area (Å²) in [5.41, 5.74) is 1.25. The van der Waals surface area contributed by atoms with E-state index in [1.165, 1.54) is 15.6 Å². The van der Waals surface area contributed by atoms with Crippen molar-refractivity contribution in [1.82, 2.24) is 4.40 Å². The van der Waals surface area contributed by atoms with Gasteiger partial charge in [0.15, 0.2) is 0 Å². The second kappa shape index (κ2) is 13.8. The minimum Gasteiger partial charge on any atom is -0.471 e. The number of thiophene rings is 1. The Hall–Kier alpha value is -3.30. The first kappa shape index (κ1) is 24.0. The Kier molecular flexibility index (Phi) is 10.7. The maximum Gasteiger partial charge on any atom is 0.0981 e. The number of aromatic nitrogens is 1. The van der Waals surface area contributed by atoms with Crippen molar-refractivity contribution in [2.45, 2.75) is 27.7 Å². The quantitative estimate of drug-likeness (QED) is 0.235. The predicted molar refractivity (Wildman–Crippen MR) is 138 cm³/mol. The molecule has 0 aliphatic rings. The van der Waals surface area contributed by atoms with Gasteiger partial charge in [-0.15, -0.1) is 11.3 Å². The van der Waals surface area contributed by atoms with E-state index >= 15 is 0 Å². The number of nitrogens with zero attached hydrogens (tertiary/aromatic N) is 1. The molecular weight excluding hydrogens is 398 g/mol. The summed E-state index contributed by atoms with van der Waals surface area (Å²) in [7, 11) is 0. The van der Waals surface area contributed by atoms with E-state index < -0.39 is 0 Å².